The first kappa shape index (κ1) is 16.0. The lowest BCUT2D eigenvalue weighted by Gasteiger charge is -2.03. The Labute approximate surface area is 132 Å². The van der Waals surface area contributed by atoms with E-state index in [1.54, 1.807) is 12.1 Å². The first-order valence-corrected chi connectivity index (χ1v) is 8.65. The maximum Gasteiger partial charge on any atom is 0.236 e. The molecule has 0 aliphatic carbocycles. The molecule has 0 unspecified atom stereocenters. The molecular formula is C15H17FN2OS2. The summed E-state index contributed by atoms with van der Waals surface area (Å²) in [4.78, 5) is 16.2. The van der Waals surface area contributed by atoms with Crippen molar-refractivity contribution in [2.75, 3.05) is 11.1 Å². The molecular weight excluding hydrogens is 307 g/mol. The summed E-state index contributed by atoms with van der Waals surface area (Å²) in [6, 6.07) is 6.32. The van der Waals surface area contributed by atoms with Gasteiger partial charge in [0.05, 0.1) is 11.4 Å². The topological polar surface area (TPSA) is 42.0 Å². The Balaban J connectivity index is 1.75. The maximum absolute atomic E-state index is 12.8. The molecule has 1 N–H and O–H groups in total. The predicted octanol–water partition coefficient (Wildman–Crippen LogP) is 4.28. The first-order valence-electron chi connectivity index (χ1n) is 6.62. The van der Waals surface area contributed by atoms with Crippen molar-refractivity contribution in [3.63, 3.8) is 0 Å². The van der Waals surface area contributed by atoms with Gasteiger partial charge in [0, 0.05) is 11.1 Å². The van der Waals surface area contributed by atoms with Crippen LogP contribution in [0.1, 0.15) is 31.0 Å². The SMILES string of the molecule is CC(C)c1csc(NC(=O)CSCc2ccc(F)cc2)n1. The minimum atomic E-state index is -0.244. The number of aromatic nitrogens is 1. The van der Waals surface area contributed by atoms with E-state index in [0.29, 0.717) is 22.6 Å². The number of carbonyl (C=O) groups excluding carboxylic acids is 1. The lowest BCUT2D eigenvalue weighted by atomic mass is 10.2. The molecule has 0 saturated heterocycles. The molecule has 1 aromatic heterocycles. The Morgan fingerprint density at radius 2 is 2.10 bits per heavy atom. The van der Waals surface area contributed by atoms with Gasteiger partial charge in [-0.25, -0.2) is 9.37 Å². The van der Waals surface area contributed by atoms with Crippen LogP contribution in [0.25, 0.3) is 0 Å². The lowest BCUT2D eigenvalue weighted by Crippen LogP contribution is -2.14. The van der Waals surface area contributed by atoms with Crippen molar-refractivity contribution in [3.8, 4) is 0 Å². The molecule has 21 heavy (non-hydrogen) atoms. The quantitative estimate of drug-likeness (QED) is 0.862. The minimum Gasteiger partial charge on any atom is -0.301 e. The van der Waals surface area contributed by atoms with Gasteiger partial charge in [-0.1, -0.05) is 26.0 Å². The summed E-state index contributed by atoms with van der Waals surface area (Å²) in [7, 11) is 0. The van der Waals surface area contributed by atoms with Gasteiger partial charge in [0.15, 0.2) is 5.13 Å². The smallest absolute Gasteiger partial charge is 0.236 e. The second-order valence-corrected chi connectivity index (χ2v) is 6.74. The number of benzene rings is 1. The van der Waals surface area contributed by atoms with E-state index in [0.717, 1.165) is 11.3 Å². The van der Waals surface area contributed by atoms with Crippen LogP contribution in [0.3, 0.4) is 0 Å². The number of carbonyl (C=O) groups is 1. The van der Waals surface area contributed by atoms with Gasteiger partial charge < -0.3 is 5.32 Å². The number of nitrogens with one attached hydrogen (secondary N) is 1. The van der Waals surface area contributed by atoms with Crippen molar-refractivity contribution in [1.82, 2.24) is 4.98 Å². The third kappa shape index (κ3) is 5.13. The molecule has 1 amide bonds. The number of thiazole rings is 1. The second-order valence-electron chi connectivity index (χ2n) is 4.90. The summed E-state index contributed by atoms with van der Waals surface area (Å²) in [5.74, 6) is 1.09. The summed E-state index contributed by atoms with van der Waals surface area (Å²) in [5, 5.41) is 5.41. The van der Waals surface area contributed by atoms with Crippen LogP contribution in [0.5, 0.6) is 0 Å². The van der Waals surface area contributed by atoms with Crippen molar-refractivity contribution in [3.05, 3.63) is 46.7 Å². The largest absolute Gasteiger partial charge is 0.301 e. The summed E-state index contributed by atoms with van der Waals surface area (Å²) in [6.07, 6.45) is 0. The third-order valence-corrected chi connectivity index (χ3v) is 4.55. The van der Waals surface area contributed by atoms with Gasteiger partial charge in [-0.05, 0) is 23.6 Å². The van der Waals surface area contributed by atoms with Gasteiger partial charge in [0.1, 0.15) is 5.82 Å². The average Bonchev–Trinajstić information content (AvgIpc) is 2.90. The molecule has 1 heterocycles. The molecule has 0 aliphatic rings. The Hall–Kier alpha value is -1.40. The van der Waals surface area contributed by atoms with E-state index in [-0.39, 0.29) is 11.7 Å². The Morgan fingerprint density at radius 3 is 2.71 bits per heavy atom. The number of anilines is 1. The van der Waals surface area contributed by atoms with Crippen LogP contribution in [0.4, 0.5) is 9.52 Å². The van der Waals surface area contributed by atoms with E-state index < -0.39 is 0 Å². The minimum absolute atomic E-state index is 0.0632. The molecule has 1 aromatic carbocycles. The van der Waals surface area contributed by atoms with Crippen LogP contribution >= 0.6 is 23.1 Å². The zero-order chi connectivity index (χ0) is 15.2. The van der Waals surface area contributed by atoms with Crippen LogP contribution in [-0.4, -0.2) is 16.6 Å². The number of hydrogen-bond acceptors (Lipinski definition) is 4. The number of hydrogen-bond donors (Lipinski definition) is 1. The zero-order valence-corrected chi connectivity index (χ0v) is 13.6. The molecule has 2 rings (SSSR count). The van der Waals surface area contributed by atoms with Crippen LogP contribution in [0.2, 0.25) is 0 Å². The molecule has 6 heteroatoms. The highest BCUT2D eigenvalue weighted by molar-refractivity contribution is 7.99. The fourth-order valence-electron chi connectivity index (χ4n) is 1.61. The molecule has 0 aliphatic heterocycles. The van der Waals surface area contributed by atoms with Gasteiger partial charge in [-0.2, -0.15) is 0 Å². The Morgan fingerprint density at radius 1 is 1.38 bits per heavy atom. The third-order valence-electron chi connectivity index (χ3n) is 2.77. The van der Waals surface area contributed by atoms with Crippen LogP contribution in [0, 0.1) is 5.82 Å². The fourth-order valence-corrected chi connectivity index (χ4v) is 3.28. The van der Waals surface area contributed by atoms with E-state index in [1.807, 2.05) is 5.38 Å². The fraction of sp³-hybridized carbons (Fsp3) is 0.333. The molecule has 2 aromatic rings. The van der Waals surface area contributed by atoms with Crippen molar-refractivity contribution >= 4 is 34.1 Å². The van der Waals surface area contributed by atoms with Gasteiger partial charge in [0.2, 0.25) is 5.91 Å². The number of nitrogens with zero attached hydrogens (tertiary/aromatic N) is 1. The highest BCUT2D eigenvalue weighted by atomic mass is 32.2. The zero-order valence-electron chi connectivity index (χ0n) is 11.9. The van der Waals surface area contributed by atoms with Gasteiger partial charge in [-0.3, -0.25) is 4.79 Å². The molecule has 0 saturated carbocycles. The maximum atomic E-state index is 12.8. The highest BCUT2D eigenvalue weighted by Crippen LogP contribution is 2.21. The lowest BCUT2D eigenvalue weighted by molar-refractivity contribution is -0.113. The van der Waals surface area contributed by atoms with E-state index in [9.17, 15) is 9.18 Å². The molecule has 3 nitrogen and oxygen atoms in total. The molecule has 0 bridgehead atoms. The van der Waals surface area contributed by atoms with Crippen LogP contribution in [0.15, 0.2) is 29.6 Å². The predicted molar refractivity (Wildman–Crippen MR) is 87.4 cm³/mol. The summed E-state index contributed by atoms with van der Waals surface area (Å²) < 4.78 is 12.8. The molecule has 0 fully saturated rings. The first-order chi connectivity index (χ1) is 10.0. The standard InChI is InChI=1S/C15H17FN2OS2/c1-10(2)13-8-21-15(17-13)18-14(19)9-20-7-11-3-5-12(16)6-4-11/h3-6,8,10H,7,9H2,1-2H3,(H,17,18,19). The molecule has 0 spiro atoms. The van der Waals surface area contributed by atoms with Gasteiger partial charge >= 0.3 is 0 Å². The summed E-state index contributed by atoms with van der Waals surface area (Å²) in [5.41, 5.74) is 2.00. The number of halogens is 1. The van der Waals surface area contributed by atoms with Crippen LogP contribution < -0.4 is 5.32 Å². The van der Waals surface area contributed by atoms with E-state index in [4.69, 9.17) is 0 Å². The van der Waals surface area contributed by atoms with Crippen molar-refractivity contribution in [2.45, 2.75) is 25.5 Å². The monoisotopic (exact) mass is 324 g/mol. The van der Waals surface area contributed by atoms with Crippen molar-refractivity contribution in [2.24, 2.45) is 0 Å². The Kier molecular flexibility index (Phi) is 5.76. The molecule has 0 radical (unpaired) electrons. The Bertz CT molecular complexity index is 596. The number of thioether (sulfide) groups is 1. The van der Waals surface area contributed by atoms with Crippen LogP contribution in [-0.2, 0) is 10.5 Å². The normalized spacial score (nSPS) is 10.9. The molecule has 112 valence electrons. The van der Waals surface area contributed by atoms with Crippen molar-refractivity contribution < 1.29 is 9.18 Å². The van der Waals surface area contributed by atoms with E-state index in [2.05, 4.69) is 24.1 Å². The highest BCUT2D eigenvalue weighted by Gasteiger charge is 2.08. The van der Waals surface area contributed by atoms with Crippen molar-refractivity contribution in [1.29, 1.82) is 0 Å². The van der Waals surface area contributed by atoms with Gasteiger partial charge in [-0.15, -0.1) is 23.1 Å². The number of rotatable bonds is 6. The summed E-state index contributed by atoms with van der Waals surface area (Å²) in [6.45, 7) is 4.14. The van der Waals surface area contributed by atoms with E-state index >= 15 is 0 Å². The van der Waals surface area contributed by atoms with Gasteiger partial charge in [0.25, 0.3) is 0 Å². The molecule has 0 atom stereocenters. The second kappa shape index (κ2) is 7.56. The average molecular weight is 324 g/mol. The van der Waals surface area contributed by atoms with E-state index in [1.165, 1.54) is 35.2 Å². The summed E-state index contributed by atoms with van der Waals surface area (Å²) >= 11 is 2.94. The number of amides is 1.